The van der Waals surface area contributed by atoms with Gasteiger partial charge in [0.05, 0.1) is 4.05 Å². The molecule has 0 radical (unpaired) electrons. The standard InChI is InChI=1S/C4H10I2N2/c5-3(1-2-7)4(6)8/h3-4H,1-2,7-8H2. The van der Waals surface area contributed by atoms with Gasteiger partial charge < -0.3 is 11.5 Å². The molecule has 2 unspecified atom stereocenters. The fourth-order valence-electron chi connectivity index (χ4n) is 0.318. The van der Waals surface area contributed by atoms with Gasteiger partial charge in [0.15, 0.2) is 0 Å². The summed E-state index contributed by atoms with van der Waals surface area (Å²) in [5, 5.41) is 0. The Labute approximate surface area is 77.0 Å². The molecule has 0 heterocycles. The average molecular weight is 340 g/mol. The van der Waals surface area contributed by atoms with Crippen LogP contribution in [0.5, 0.6) is 0 Å². The minimum atomic E-state index is 0.247. The van der Waals surface area contributed by atoms with Crippen LogP contribution in [0.3, 0.4) is 0 Å². The van der Waals surface area contributed by atoms with Crippen molar-refractivity contribution in [1.29, 1.82) is 0 Å². The van der Waals surface area contributed by atoms with E-state index in [0.29, 0.717) is 3.92 Å². The lowest BCUT2D eigenvalue weighted by molar-refractivity contribution is 0.779. The minimum Gasteiger partial charge on any atom is -0.330 e. The zero-order valence-corrected chi connectivity index (χ0v) is 8.79. The third-order valence-electron chi connectivity index (χ3n) is 0.788. The van der Waals surface area contributed by atoms with Gasteiger partial charge in [-0.25, -0.2) is 0 Å². The van der Waals surface area contributed by atoms with E-state index in [1.807, 2.05) is 0 Å². The van der Waals surface area contributed by atoms with Crippen LogP contribution in [0.25, 0.3) is 0 Å². The van der Waals surface area contributed by atoms with Crippen LogP contribution in [0.4, 0.5) is 0 Å². The number of hydrogen-bond acceptors (Lipinski definition) is 2. The van der Waals surface area contributed by atoms with Gasteiger partial charge in [0.2, 0.25) is 0 Å². The molecule has 0 aliphatic rings. The number of nitrogens with two attached hydrogens (primary N) is 2. The Morgan fingerprint density at radius 3 is 2.00 bits per heavy atom. The van der Waals surface area contributed by atoms with Gasteiger partial charge in [0.25, 0.3) is 0 Å². The molecule has 0 rings (SSSR count). The van der Waals surface area contributed by atoms with Crippen LogP contribution in [0.2, 0.25) is 0 Å². The SMILES string of the molecule is NCCC(I)C(N)I. The largest absolute Gasteiger partial charge is 0.330 e. The van der Waals surface area contributed by atoms with E-state index < -0.39 is 0 Å². The fraction of sp³-hybridized carbons (Fsp3) is 1.00. The maximum atomic E-state index is 5.55. The van der Waals surface area contributed by atoms with Gasteiger partial charge in [-0.3, -0.25) is 0 Å². The molecule has 4 N–H and O–H groups in total. The number of halogens is 2. The summed E-state index contributed by atoms with van der Waals surface area (Å²) in [5.41, 5.74) is 10.8. The number of alkyl halides is 2. The summed E-state index contributed by atoms with van der Waals surface area (Å²) in [6.07, 6.45) is 1.02. The molecule has 50 valence electrons. The molecule has 0 aromatic heterocycles. The van der Waals surface area contributed by atoms with Crippen molar-refractivity contribution in [2.24, 2.45) is 11.5 Å². The van der Waals surface area contributed by atoms with E-state index in [1.165, 1.54) is 0 Å². The molecular formula is C4H10I2N2. The Kier molecular flexibility index (Phi) is 6.08. The first-order chi connectivity index (χ1) is 3.68. The third kappa shape index (κ3) is 4.28. The van der Waals surface area contributed by atoms with E-state index in [4.69, 9.17) is 11.5 Å². The summed E-state index contributed by atoms with van der Waals surface area (Å²) in [4.78, 5) is 0. The zero-order valence-electron chi connectivity index (χ0n) is 4.48. The molecule has 0 aromatic carbocycles. The highest BCUT2D eigenvalue weighted by Crippen LogP contribution is 2.12. The van der Waals surface area contributed by atoms with Crippen molar-refractivity contribution >= 4 is 45.2 Å². The van der Waals surface area contributed by atoms with Gasteiger partial charge in [-0.05, 0) is 13.0 Å². The average Bonchev–Trinajstić information content (AvgIpc) is 1.67. The van der Waals surface area contributed by atoms with E-state index in [-0.39, 0.29) is 4.05 Å². The predicted octanol–water partition coefficient (Wildman–Crippen LogP) is 0.859. The molecule has 0 saturated heterocycles. The Morgan fingerprint density at radius 1 is 1.38 bits per heavy atom. The van der Waals surface area contributed by atoms with Crippen LogP contribution >= 0.6 is 45.2 Å². The lowest BCUT2D eigenvalue weighted by Gasteiger charge is -2.09. The van der Waals surface area contributed by atoms with Gasteiger partial charge in [0.1, 0.15) is 0 Å². The van der Waals surface area contributed by atoms with E-state index in [2.05, 4.69) is 45.2 Å². The molecule has 0 spiro atoms. The second-order valence-corrected chi connectivity index (χ2v) is 4.58. The smallest absolute Gasteiger partial charge is 0.0688 e. The summed E-state index contributed by atoms with van der Waals surface area (Å²) >= 11 is 4.53. The molecule has 0 aromatic rings. The third-order valence-corrected chi connectivity index (χ3v) is 4.43. The van der Waals surface area contributed by atoms with Crippen LogP contribution in [0, 0.1) is 0 Å². The molecule has 2 atom stereocenters. The zero-order chi connectivity index (χ0) is 6.57. The van der Waals surface area contributed by atoms with Gasteiger partial charge in [0, 0.05) is 3.92 Å². The summed E-state index contributed by atoms with van der Waals surface area (Å²) in [5.74, 6) is 0. The van der Waals surface area contributed by atoms with E-state index in [1.54, 1.807) is 0 Å². The number of hydrogen-bond donors (Lipinski definition) is 2. The molecule has 2 nitrogen and oxygen atoms in total. The normalized spacial score (nSPS) is 18.0. The Morgan fingerprint density at radius 2 is 1.88 bits per heavy atom. The van der Waals surface area contributed by atoms with Crippen LogP contribution in [-0.2, 0) is 0 Å². The first kappa shape index (κ1) is 9.38. The Hall–Kier alpha value is 1.38. The highest BCUT2D eigenvalue weighted by molar-refractivity contribution is 14.1. The molecule has 0 aliphatic carbocycles. The summed E-state index contributed by atoms with van der Waals surface area (Å²) in [6, 6.07) is 0. The minimum absolute atomic E-state index is 0.247. The highest BCUT2D eigenvalue weighted by atomic mass is 127. The highest BCUT2D eigenvalue weighted by Gasteiger charge is 2.07. The number of rotatable bonds is 3. The van der Waals surface area contributed by atoms with E-state index in [0.717, 1.165) is 13.0 Å². The predicted molar refractivity (Wildman–Crippen MR) is 53.5 cm³/mol. The second kappa shape index (κ2) is 5.19. The maximum absolute atomic E-state index is 5.55. The van der Waals surface area contributed by atoms with Crippen molar-refractivity contribution in [3.8, 4) is 0 Å². The lowest BCUT2D eigenvalue weighted by Crippen LogP contribution is -2.25. The lowest BCUT2D eigenvalue weighted by atomic mass is 10.3. The van der Waals surface area contributed by atoms with Crippen molar-refractivity contribution < 1.29 is 0 Å². The monoisotopic (exact) mass is 340 g/mol. The van der Waals surface area contributed by atoms with Crippen molar-refractivity contribution in [3.05, 3.63) is 0 Å². The van der Waals surface area contributed by atoms with Crippen molar-refractivity contribution in [3.63, 3.8) is 0 Å². The van der Waals surface area contributed by atoms with Gasteiger partial charge >= 0.3 is 0 Å². The van der Waals surface area contributed by atoms with Gasteiger partial charge in [-0.2, -0.15) is 0 Å². The fourth-order valence-corrected chi connectivity index (χ4v) is 1.04. The molecule has 0 aliphatic heterocycles. The molecule has 0 saturated carbocycles. The van der Waals surface area contributed by atoms with Crippen molar-refractivity contribution in [2.45, 2.75) is 14.4 Å². The van der Waals surface area contributed by atoms with E-state index >= 15 is 0 Å². The summed E-state index contributed by atoms with van der Waals surface area (Å²) in [7, 11) is 0. The maximum Gasteiger partial charge on any atom is 0.0688 e. The molecular weight excluding hydrogens is 330 g/mol. The van der Waals surface area contributed by atoms with Crippen molar-refractivity contribution in [1.82, 2.24) is 0 Å². The molecule has 0 amide bonds. The Bertz CT molecular complexity index is 58.0. The Balaban J connectivity index is 3.17. The molecule has 0 fully saturated rings. The summed E-state index contributed by atoms with van der Waals surface area (Å²) < 4.78 is 0.773. The van der Waals surface area contributed by atoms with Crippen LogP contribution in [0.15, 0.2) is 0 Å². The van der Waals surface area contributed by atoms with Gasteiger partial charge in [-0.15, -0.1) is 0 Å². The van der Waals surface area contributed by atoms with Crippen LogP contribution < -0.4 is 11.5 Å². The molecule has 4 heteroatoms. The summed E-state index contributed by atoms with van der Waals surface area (Å²) in [6.45, 7) is 0.740. The van der Waals surface area contributed by atoms with Crippen LogP contribution in [-0.4, -0.2) is 14.5 Å². The van der Waals surface area contributed by atoms with E-state index in [9.17, 15) is 0 Å². The first-order valence-corrected chi connectivity index (χ1v) is 4.91. The molecule has 8 heavy (non-hydrogen) atoms. The second-order valence-electron chi connectivity index (χ2n) is 1.54. The van der Waals surface area contributed by atoms with Crippen LogP contribution in [0.1, 0.15) is 6.42 Å². The topological polar surface area (TPSA) is 52.0 Å². The van der Waals surface area contributed by atoms with Crippen molar-refractivity contribution in [2.75, 3.05) is 6.54 Å². The molecule has 0 bridgehead atoms. The first-order valence-electron chi connectivity index (χ1n) is 2.42. The van der Waals surface area contributed by atoms with Gasteiger partial charge in [-0.1, -0.05) is 45.2 Å². The quantitative estimate of drug-likeness (QED) is 0.455.